The van der Waals surface area contributed by atoms with Gasteiger partial charge in [0.1, 0.15) is 5.56 Å². The summed E-state index contributed by atoms with van der Waals surface area (Å²) >= 11 is 0. The van der Waals surface area contributed by atoms with E-state index >= 15 is 0 Å². The van der Waals surface area contributed by atoms with Crippen LogP contribution in [0.3, 0.4) is 0 Å². The minimum absolute atomic E-state index is 0.0263. The van der Waals surface area contributed by atoms with Gasteiger partial charge < -0.3 is 10.3 Å². The molecule has 130 valence electrons. The average molecular weight is 338 g/mol. The second kappa shape index (κ2) is 6.31. The van der Waals surface area contributed by atoms with Crippen molar-refractivity contribution in [3.05, 3.63) is 63.1 Å². The van der Waals surface area contributed by atoms with Crippen LogP contribution in [0.1, 0.15) is 65.6 Å². The van der Waals surface area contributed by atoms with Crippen LogP contribution in [0.25, 0.3) is 0 Å². The Balaban J connectivity index is 1.85. The van der Waals surface area contributed by atoms with Gasteiger partial charge in [-0.2, -0.15) is 0 Å². The average Bonchev–Trinajstić information content (AvgIpc) is 2.54. The van der Waals surface area contributed by atoms with Crippen LogP contribution in [0.5, 0.6) is 0 Å². The fourth-order valence-corrected chi connectivity index (χ4v) is 3.00. The summed E-state index contributed by atoms with van der Waals surface area (Å²) in [4.78, 5) is 39.3. The van der Waals surface area contributed by atoms with E-state index in [0.29, 0.717) is 29.8 Å². The molecule has 0 fully saturated rings. The van der Waals surface area contributed by atoms with Crippen molar-refractivity contribution in [1.82, 2.24) is 4.98 Å². The number of benzene rings is 1. The zero-order valence-electron chi connectivity index (χ0n) is 14.7. The van der Waals surface area contributed by atoms with Crippen molar-refractivity contribution in [3.63, 3.8) is 0 Å². The number of hydrogen-bond donors (Lipinski definition) is 2. The van der Waals surface area contributed by atoms with Crippen molar-refractivity contribution in [2.24, 2.45) is 0 Å². The number of H-pyrrole nitrogens is 1. The first-order chi connectivity index (χ1) is 11.8. The molecule has 0 radical (unpaired) electrons. The molecule has 0 atom stereocenters. The Morgan fingerprint density at radius 1 is 1.08 bits per heavy atom. The molecule has 0 saturated heterocycles. The molecular weight excluding hydrogens is 316 g/mol. The van der Waals surface area contributed by atoms with E-state index in [9.17, 15) is 14.4 Å². The number of amides is 1. The Hall–Kier alpha value is -2.69. The summed E-state index contributed by atoms with van der Waals surface area (Å²) in [6, 6.07) is 8.97. The summed E-state index contributed by atoms with van der Waals surface area (Å²) in [5.74, 6) is -0.535. The van der Waals surface area contributed by atoms with Gasteiger partial charge in [-0.15, -0.1) is 0 Å². The molecule has 1 aliphatic carbocycles. The number of aryl methyl sites for hydroxylation is 1. The summed E-state index contributed by atoms with van der Waals surface area (Å²) in [7, 11) is 0. The number of fused-ring (bicyclic) bond motifs is 1. The highest BCUT2D eigenvalue weighted by atomic mass is 16.2. The molecule has 5 heteroatoms. The predicted molar refractivity (Wildman–Crippen MR) is 97.4 cm³/mol. The Morgan fingerprint density at radius 2 is 1.76 bits per heavy atom. The van der Waals surface area contributed by atoms with Gasteiger partial charge in [0.05, 0.1) is 0 Å². The summed E-state index contributed by atoms with van der Waals surface area (Å²) in [6.45, 7) is 6.35. The van der Waals surface area contributed by atoms with Crippen LogP contribution in [0.2, 0.25) is 0 Å². The largest absolute Gasteiger partial charge is 0.325 e. The van der Waals surface area contributed by atoms with Gasteiger partial charge in [-0.1, -0.05) is 32.9 Å². The van der Waals surface area contributed by atoms with Crippen molar-refractivity contribution in [3.8, 4) is 0 Å². The number of aromatic amines is 1. The van der Waals surface area contributed by atoms with Crippen LogP contribution < -0.4 is 10.9 Å². The van der Waals surface area contributed by atoms with Crippen molar-refractivity contribution in [2.75, 3.05) is 5.32 Å². The Bertz CT molecular complexity index is 887. The molecule has 1 heterocycles. The van der Waals surface area contributed by atoms with Gasteiger partial charge in [0.15, 0.2) is 5.78 Å². The van der Waals surface area contributed by atoms with Crippen molar-refractivity contribution >= 4 is 17.4 Å². The standard InChI is InChI=1S/C20H22N2O3/c1-20(2,3)12-7-9-13(10-8-12)21-18(24)15-11-14-16(22-19(15)25)5-4-6-17(14)23/h7-11H,4-6H2,1-3H3,(H,21,24)(H,22,25). The molecular formula is C20H22N2O3. The van der Waals surface area contributed by atoms with Gasteiger partial charge in [-0.05, 0) is 42.0 Å². The maximum absolute atomic E-state index is 12.5. The van der Waals surface area contributed by atoms with E-state index in [1.165, 1.54) is 6.07 Å². The number of pyridine rings is 1. The molecule has 3 rings (SSSR count). The fourth-order valence-electron chi connectivity index (χ4n) is 3.00. The van der Waals surface area contributed by atoms with Crippen molar-refractivity contribution in [1.29, 1.82) is 0 Å². The summed E-state index contributed by atoms with van der Waals surface area (Å²) in [5.41, 5.74) is 2.39. The number of anilines is 1. The third-order valence-corrected chi connectivity index (χ3v) is 4.51. The molecule has 2 aromatic rings. The van der Waals surface area contributed by atoms with Crippen molar-refractivity contribution in [2.45, 2.75) is 45.4 Å². The third kappa shape index (κ3) is 3.55. The monoisotopic (exact) mass is 338 g/mol. The summed E-state index contributed by atoms with van der Waals surface area (Å²) in [5, 5.41) is 2.73. The number of ketones is 1. The lowest BCUT2D eigenvalue weighted by Gasteiger charge is -2.19. The molecule has 25 heavy (non-hydrogen) atoms. The molecule has 0 bridgehead atoms. The molecule has 1 aromatic carbocycles. The number of hydrogen-bond acceptors (Lipinski definition) is 3. The van der Waals surface area contributed by atoms with Crippen LogP contribution in [-0.2, 0) is 11.8 Å². The van der Waals surface area contributed by atoms with E-state index in [0.717, 1.165) is 12.0 Å². The number of carbonyl (C=O) groups is 2. The quantitative estimate of drug-likeness (QED) is 0.880. The van der Waals surface area contributed by atoms with Crippen LogP contribution in [0.15, 0.2) is 35.1 Å². The first kappa shape index (κ1) is 17.1. The zero-order chi connectivity index (χ0) is 18.2. The molecule has 1 amide bonds. The molecule has 1 aromatic heterocycles. The van der Waals surface area contributed by atoms with E-state index in [1.807, 2.05) is 24.3 Å². The number of aromatic nitrogens is 1. The SMILES string of the molecule is CC(C)(C)c1ccc(NC(=O)c2cc3c([nH]c2=O)CCCC3=O)cc1. The molecule has 0 unspecified atom stereocenters. The number of Topliss-reactive ketones (excluding diaryl/α,β-unsaturated/α-hetero) is 1. The maximum Gasteiger partial charge on any atom is 0.261 e. The van der Waals surface area contributed by atoms with Gasteiger partial charge in [0.25, 0.3) is 11.5 Å². The Kier molecular flexibility index (Phi) is 4.33. The van der Waals surface area contributed by atoms with E-state index in [4.69, 9.17) is 0 Å². The van der Waals surface area contributed by atoms with Gasteiger partial charge in [0, 0.05) is 23.4 Å². The van der Waals surface area contributed by atoms with E-state index in [-0.39, 0.29) is 16.8 Å². The lowest BCUT2D eigenvalue weighted by atomic mass is 9.87. The first-order valence-corrected chi connectivity index (χ1v) is 8.47. The second-order valence-electron chi connectivity index (χ2n) is 7.46. The Labute approximate surface area is 146 Å². The van der Waals surface area contributed by atoms with Crippen LogP contribution in [0.4, 0.5) is 5.69 Å². The highest BCUT2D eigenvalue weighted by Crippen LogP contribution is 2.24. The van der Waals surface area contributed by atoms with Crippen LogP contribution in [0, 0.1) is 0 Å². The third-order valence-electron chi connectivity index (χ3n) is 4.51. The van der Waals surface area contributed by atoms with E-state index in [1.54, 1.807) is 0 Å². The highest BCUT2D eigenvalue weighted by Gasteiger charge is 2.22. The predicted octanol–water partition coefficient (Wildman–Crippen LogP) is 3.44. The second-order valence-corrected chi connectivity index (χ2v) is 7.46. The van der Waals surface area contributed by atoms with Crippen LogP contribution >= 0.6 is 0 Å². The normalized spacial score (nSPS) is 14.1. The molecule has 0 aliphatic heterocycles. The number of nitrogens with one attached hydrogen (secondary N) is 2. The maximum atomic E-state index is 12.5. The molecule has 2 N–H and O–H groups in total. The number of rotatable bonds is 2. The highest BCUT2D eigenvalue weighted by molar-refractivity contribution is 6.06. The first-order valence-electron chi connectivity index (χ1n) is 8.47. The number of carbonyl (C=O) groups excluding carboxylic acids is 2. The van der Waals surface area contributed by atoms with E-state index in [2.05, 4.69) is 31.1 Å². The zero-order valence-corrected chi connectivity index (χ0v) is 14.7. The van der Waals surface area contributed by atoms with Gasteiger partial charge in [-0.3, -0.25) is 14.4 Å². The lowest BCUT2D eigenvalue weighted by Crippen LogP contribution is -2.27. The molecule has 1 aliphatic rings. The Morgan fingerprint density at radius 3 is 2.40 bits per heavy atom. The van der Waals surface area contributed by atoms with Crippen LogP contribution in [-0.4, -0.2) is 16.7 Å². The molecule has 0 saturated carbocycles. The van der Waals surface area contributed by atoms with Gasteiger partial charge in [-0.25, -0.2) is 0 Å². The van der Waals surface area contributed by atoms with Gasteiger partial charge >= 0.3 is 0 Å². The minimum atomic E-state index is -0.508. The fraction of sp³-hybridized carbons (Fsp3) is 0.350. The van der Waals surface area contributed by atoms with Crippen molar-refractivity contribution < 1.29 is 9.59 Å². The van der Waals surface area contributed by atoms with E-state index < -0.39 is 11.5 Å². The van der Waals surface area contributed by atoms with Gasteiger partial charge in [0.2, 0.25) is 0 Å². The minimum Gasteiger partial charge on any atom is -0.325 e. The summed E-state index contributed by atoms with van der Waals surface area (Å²) < 4.78 is 0. The lowest BCUT2D eigenvalue weighted by molar-refractivity contribution is 0.0971. The summed E-state index contributed by atoms with van der Waals surface area (Å²) in [6.07, 6.45) is 1.84. The molecule has 5 nitrogen and oxygen atoms in total. The molecule has 0 spiro atoms. The smallest absolute Gasteiger partial charge is 0.261 e. The topological polar surface area (TPSA) is 79.0 Å².